The largest absolute Gasteiger partial charge is 0.496 e. The number of amides is 1. The molecular formula is C18H19ClN2O6. The number of methoxy groups -OCH3 is 1. The first-order chi connectivity index (χ1) is 13.0. The molecule has 1 amide bonds. The summed E-state index contributed by atoms with van der Waals surface area (Å²) in [5.41, 5.74) is 6.23. The number of ether oxygens (including phenoxy) is 4. The zero-order chi connectivity index (χ0) is 19.4. The normalized spacial score (nSPS) is 13.1. The average molecular weight is 395 g/mol. The van der Waals surface area contributed by atoms with Gasteiger partial charge < -0.3 is 35.1 Å². The third kappa shape index (κ3) is 4.47. The van der Waals surface area contributed by atoms with E-state index in [1.54, 1.807) is 18.2 Å². The Morgan fingerprint density at radius 2 is 2.11 bits per heavy atom. The first-order valence-corrected chi connectivity index (χ1v) is 8.47. The highest BCUT2D eigenvalue weighted by Gasteiger charge is 2.17. The molecule has 0 spiro atoms. The highest BCUT2D eigenvalue weighted by atomic mass is 35.5. The molecule has 144 valence electrons. The molecule has 0 saturated heterocycles. The zero-order valence-electron chi connectivity index (χ0n) is 14.5. The van der Waals surface area contributed by atoms with Gasteiger partial charge in [0.2, 0.25) is 6.79 Å². The van der Waals surface area contributed by atoms with Crippen LogP contribution in [0.2, 0.25) is 5.02 Å². The number of nitrogen functional groups attached to an aromatic ring is 1. The van der Waals surface area contributed by atoms with Crippen LogP contribution in [-0.2, 0) is 0 Å². The van der Waals surface area contributed by atoms with Gasteiger partial charge in [-0.1, -0.05) is 11.6 Å². The Morgan fingerprint density at radius 3 is 2.89 bits per heavy atom. The van der Waals surface area contributed by atoms with Gasteiger partial charge in [-0.2, -0.15) is 0 Å². The molecule has 9 heteroatoms. The van der Waals surface area contributed by atoms with Gasteiger partial charge in [-0.3, -0.25) is 4.79 Å². The first-order valence-electron chi connectivity index (χ1n) is 8.09. The molecule has 1 atom stereocenters. The Morgan fingerprint density at radius 1 is 1.33 bits per heavy atom. The Balaban J connectivity index is 1.52. The molecule has 8 nitrogen and oxygen atoms in total. The maximum absolute atomic E-state index is 12.3. The topological polar surface area (TPSA) is 112 Å². The number of benzene rings is 2. The predicted molar refractivity (Wildman–Crippen MR) is 98.8 cm³/mol. The molecule has 2 aromatic rings. The molecule has 0 bridgehead atoms. The lowest BCUT2D eigenvalue weighted by molar-refractivity contribution is 0.0841. The van der Waals surface area contributed by atoms with E-state index >= 15 is 0 Å². The number of hydrogen-bond acceptors (Lipinski definition) is 7. The standard InChI is InChI=1S/C18H19ClN2O6/c1-24-16-6-14(20)13(19)5-12(16)18(23)21-7-10(22)8-25-11-2-3-15-17(4-11)27-9-26-15/h2-6,10,22H,7-9,20H2,1H3,(H,21,23). The van der Waals surface area contributed by atoms with Crippen LogP contribution in [-0.4, -0.2) is 44.2 Å². The molecule has 0 aliphatic carbocycles. The number of nitrogens with two attached hydrogens (primary N) is 1. The van der Waals surface area contributed by atoms with E-state index in [0.717, 1.165) is 0 Å². The van der Waals surface area contributed by atoms with E-state index in [4.69, 9.17) is 36.3 Å². The van der Waals surface area contributed by atoms with Crippen molar-refractivity contribution >= 4 is 23.2 Å². The molecule has 1 aliphatic heterocycles. The maximum atomic E-state index is 12.3. The van der Waals surface area contributed by atoms with E-state index in [-0.39, 0.29) is 30.5 Å². The quantitative estimate of drug-likeness (QED) is 0.614. The second-order valence-corrected chi connectivity index (χ2v) is 6.17. The van der Waals surface area contributed by atoms with E-state index in [1.165, 1.54) is 19.2 Å². The van der Waals surface area contributed by atoms with Crippen LogP contribution in [0, 0.1) is 0 Å². The number of nitrogens with one attached hydrogen (secondary N) is 1. The summed E-state index contributed by atoms with van der Waals surface area (Å²) in [5, 5.41) is 12.9. The second-order valence-electron chi connectivity index (χ2n) is 5.76. The third-order valence-corrected chi connectivity index (χ3v) is 4.18. The van der Waals surface area contributed by atoms with Crippen molar-refractivity contribution in [1.29, 1.82) is 0 Å². The summed E-state index contributed by atoms with van der Waals surface area (Å²) in [6, 6.07) is 7.99. The van der Waals surface area contributed by atoms with Gasteiger partial charge in [0, 0.05) is 18.7 Å². The van der Waals surface area contributed by atoms with Crippen molar-refractivity contribution in [1.82, 2.24) is 5.32 Å². The van der Waals surface area contributed by atoms with E-state index in [2.05, 4.69) is 5.32 Å². The molecule has 27 heavy (non-hydrogen) atoms. The SMILES string of the molecule is COc1cc(N)c(Cl)cc1C(=O)NCC(O)COc1ccc2c(c1)OCO2. The Kier molecular flexibility index (Phi) is 5.78. The van der Waals surface area contributed by atoms with Crippen LogP contribution in [0.1, 0.15) is 10.4 Å². The summed E-state index contributed by atoms with van der Waals surface area (Å²) in [4.78, 5) is 12.3. The van der Waals surface area contributed by atoms with Crippen molar-refractivity contribution < 1.29 is 28.8 Å². The number of carbonyl (C=O) groups excluding carboxylic acids is 1. The highest BCUT2D eigenvalue weighted by molar-refractivity contribution is 6.33. The smallest absolute Gasteiger partial charge is 0.255 e. The summed E-state index contributed by atoms with van der Waals surface area (Å²) in [6.07, 6.45) is -0.922. The van der Waals surface area contributed by atoms with Crippen LogP contribution in [0.3, 0.4) is 0 Å². The van der Waals surface area contributed by atoms with Gasteiger partial charge in [0.1, 0.15) is 24.2 Å². The molecule has 3 rings (SSSR count). The van der Waals surface area contributed by atoms with Gasteiger partial charge >= 0.3 is 0 Å². The monoisotopic (exact) mass is 394 g/mol. The van der Waals surface area contributed by atoms with Gasteiger partial charge in [0.05, 0.1) is 23.4 Å². The summed E-state index contributed by atoms with van der Waals surface area (Å²) < 4.78 is 21.1. The van der Waals surface area contributed by atoms with Gasteiger partial charge in [-0.15, -0.1) is 0 Å². The van der Waals surface area contributed by atoms with Crippen molar-refractivity contribution in [2.45, 2.75) is 6.10 Å². The fourth-order valence-corrected chi connectivity index (χ4v) is 2.60. The summed E-state index contributed by atoms with van der Waals surface area (Å²) in [6.45, 7) is 0.139. The number of rotatable bonds is 7. The van der Waals surface area contributed by atoms with Crippen LogP contribution in [0.25, 0.3) is 0 Å². The van der Waals surface area contributed by atoms with Crippen LogP contribution >= 0.6 is 11.6 Å². The van der Waals surface area contributed by atoms with Crippen LogP contribution in [0.5, 0.6) is 23.0 Å². The van der Waals surface area contributed by atoms with Crippen LogP contribution < -0.4 is 30.0 Å². The van der Waals surface area contributed by atoms with Crippen molar-refractivity contribution in [3.8, 4) is 23.0 Å². The van der Waals surface area contributed by atoms with Gasteiger partial charge in [0.25, 0.3) is 5.91 Å². The molecule has 0 radical (unpaired) electrons. The average Bonchev–Trinajstić information content (AvgIpc) is 3.14. The van der Waals surface area contributed by atoms with Crippen LogP contribution in [0.4, 0.5) is 5.69 Å². The summed E-state index contributed by atoms with van der Waals surface area (Å²) >= 11 is 5.96. The summed E-state index contributed by atoms with van der Waals surface area (Å²) in [7, 11) is 1.42. The van der Waals surface area contributed by atoms with E-state index in [1.807, 2.05) is 0 Å². The summed E-state index contributed by atoms with van der Waals surface area (Å²) in [5.74, 6) is 1.60. The van der Waals surface area contributed by atoms with E-state index < -0.39 is 12.0 Å². The lowest BCUT2D eigenvalue weighted by atomic mass is 10.1. The lowest BCUT2D eigenvalue weighted by Gasteiger charge is -2.15. The van der Waals surface area contributed by atoms with E-state index in [0.29, 0.717) is 28.7 Å². The van der Waals surface area contributed by atoms with Gasteiger partial charge in [0.15, 0.2) is 11.5 Å². The molecule has 2 aromatic carbocycles. The molecule has 4 N–H and O–H groups in total. The first kappa shape index (κ1) is 18.9. The number of fused-ring (bicyclic) bond motifs is 1. The Hall–Kier alpha value is -2.84. The minimum atomic E-state index is -0.922. The predicted octanol–water partition coefficient (Wildman–Crippen LogP) is 1.83. The Bertz CT molecular complexity index is 845. The highest BCUT2D eigenvalue weighted by Crippen LogP contribution is 2.35. The van der Waals surface area contributed by atoms with Crippen LogP contribution in [0.15, 0.2) is 30.3 Å². The Labute approximate surface area is 160 Å². The van der Waals surface area contributed by atoms with Gasteiger partial charge in [-0.05, 0) is 18.2 Å². The molecule has 1 unspecified atom stereocenters. The fraction of sp³-hybridized carbons (Fsp3) is 0.278. The minimum absolute atomic E-state index is 0.0143. The van der Waals surface area contributed by atoms with Crippen molar-refractivity contribution in [2.75, 3.05) is 32.8 Å². The molecule has 0 saturated carbocycles. The van der Waals surface area contributed by atoms with Crippen molar-refractivity contribution in [3.05, 3.63) is 40.9 Å². The molecular weight excluding hydrogens is 376 g/mol. The molecule has 0 fully saturated rings. The number of aliphatic hydroxyl groups excluding tert-OH is 1. The van der Waals surface area contributed by atoms with Crippen molar-refractivity contribution in [2.24, 2.45) is 0 Å². The number of carbonyl (C=O) groups is 1. The number of hydrogen-bond donors (Lipinski definition) is 3. The molecule has 1 heterocycles. The zero-order valence-corrected chi connectivity index (χ0v) is 15.3. The minimum Gasteiger partial charge on any atom is -0.496 e. The van der Waals surface area contributed by atoms with E-state index in [9.17, 15) is 9.90 Å². The van der Waals surface area contributed by atoms with Gasteiger partial charge in [-0.25, -0.2) is 0 Å². The second kappa shape index (κ2) is 8.24. The number of aliphatic hydroxyl groups is 1. The third-order valence-electron chi connectivity index (χ3n) is 3.85. The number of anilines is 1. The maximum Gasteiger partial charge on any atom is 0.255 e. The fourth-order valence-electron chi connectivity index (χ4n) is 2.44. The molecule has 0 aromatic heterocycles. The lowest BCUT2D eigenvalue weighted by Crippen LogP contribution is -2.35. The van der Waals surface area contributed by atoms with Crippen molar-refractivity contribution in [3.63, 3.8) is 0 Å². The molecule has 1 aliphatic rings. The number of halogens is 1.